The predicted octanol–water partition coefficient (Wildman–Crippen LogP) is 4.07. The van der Waals surface area contributed by atoms with Gasteiger partial charge in [-0.05, 0) is 54.5 Å². The van der Waals surface area contributed by atoms with Crippen LogP contribution >= 0.6 is 0 Å². The molecular formula is C19H25N3O2. The summed E-state index contributed by atoms with van der Waals surface area (Å²) in [4.78, 5) is 15.6. The van der Waals surface area contributed by atoms with Gasteiger partial charge in [-0.2, -0.15) is 0 Å². The molecule has 1 aromatic heterocycles. The molecule has 0 atom stereocenters. The number of hydrogen-bond donors (Lipinski definition) is 2. The second-order valence-corrected chi connectivity index (χ2v) is 5.51. The number of fused-ring (bicyclic) bond motifs is 1. The monoisotopic (exact) mass is 327 g/mol. The zero-order chi connectivity index (χ0) is 17.7. The quantitative estimate of drug-likeness (QED) is 0.892. The van der Waals surface area contributed by atoms with Crippen molar-refractivity contribution < 1.29 is 9.53 Å². The number of aryl methyl sites for hydroxylation is 2. The number of urea groups is 1. The fourth-order valence-corrected chi connectivity index (χ4v) is 3.20. The molecule has 0 spiro atoms. The first-order chi connectivity index (χ1) is 11.6. The highest BCUT2D eigenvalue weighted by atomic mass is 16.5. The molecule has 1 aromatic carbocycles. The number of nitrogens with two attached hydrogens (primary N) is 1. The number of pyridine rings is 1. The maximum atomic E-state index is 11.5. The largest absolute Gasteiger partial charge is 0.481 e. The molecule has 0 saturated carbocycles. The lowest BCUT2D eigenvalue weighted by Crippen LogP contribution is -2.21. The summed E-state index contributed by atoms with van der Waals surface area (Å²) in [7, 11) is 1.59. The van der Waals surface area contributed by atoms with Crippen molar-refractivity contribution in [3.63, 3.8) is 0 Å². The third-order valence-electron chi connectivity index (χ3n) is 4.08. The van der Waals surface area contributed by atoms with Crippen LogP contribution in [0.4, 0.5) is 10.5 Å². The summed E-state index contributed by atoms with van der Waals surface area (Å²) in [6.45, 7) is 6.05. The molecule has 2 aromatic rings. The highest BCUT2D eigenvalue weighted by Crippen LogP contribution is 2.40. The minimum Gasteiger partial charge on any atom is -0.481 e. The number of carbonyl (C=O) groups excluding carboxylic acids is 1. The van der Waals surface area contributed by atoms with Crippen LogP contribution < -0.4 is 15.8 Å². The van der Waals surface area contributed by atoms with Gasteiger partial charge in [0.1, 0.15) is 0 Å². The lowest BCUT2D eigenvalue weighted by Gasteiger charge is -2.18. The summed E-state index contributed by atoms with van der Waals surface area (Å²) in [5, 5.41) is 2.83. The van der Waals surface area contributed by atoms with Crippen LogP contribution in [-0.4, -0.2) is 18.1 Å². The summed E-state index contributed by atoms with van der Waals surface area (Å²) in [6.07, 6.45) is 4.81. The Morgan fingerprint density at radius 2 is 2.04 bits per heavy atom. The van der Waals surface area contributed by atoms with Gasteiger partial charge in [-0.3, -0.25) is 0 Å². The standard InChI is InChI=1S/C17H19N3O2.C2H6/c1-10-8-11-4-3-5-13(11)16(20-17(18)21)15(10)12-6-7-19-14(9-12)22-2;1-2/h6-9H,3-5H2,1-2H3,(H3,18,20,21);1-2H3. The molecular weight excluding hydrogens is 302 g/mol. The maximum Gasteiger partial charge on any atom is 0.316 e. The number of nitrogens with zero attached hydrogens (tertiary/aromatic N) is 1. The first kappa shape index (κ1) is 17.8. The topological polar surface area (TPSA) is 77.2 Å². The van der Waals surface area contributed by atoms with E-state index >= 15 is 0 Å². The molecule has 24 heavy (non-hydrogen) atoms. The molecule has 0 bridgehead atoms. The first-order valence-electron chi connectivity index (χ1n) is 8.32. The summed E-state index contributed by atoms with van der Waals surface area (Å²) in [5.74, 6) is 0.544. The second-order valence-electron chi connectivity index (χ2n) is 5.51. The zero-order valence-electron chi connectivity index (χ0n) is 14.8. The van der Waals surface area contributed by atoms with Crippen LogP contribution in [0.1, 0.15) is 37.0 Å². The fourth-order valence-electron chi connectivity index (χ4n) is 3.20. The van der Waals surface area contributed by atoms with Gasteiger partial charge in [0.25, 0.3) is 0 Å². The van der Waals surface area contributed by atoms with E-state index < -0.39 is 6.03 Å². The SMILES string of the molecule is CC.COc1cc(-c2c(C)cc3c(c2NC(N)=O)CCC3)ccn1. The summed E-state index contributed by atoms with van der Waals surface area (Å²) in [6, 6.07) is 5.45. The lowest BCUT2D eigenvalue weighted by atomic mass is 9.93. The van der Waals surface area contributed by atoms with E-state index in [1.807, 2.05) is 32.9 Å². The number of aromatic nitrogens is 1. The van der Waals surface area contributed by atoms with E-state index in [4.69, 9.17) is 10.5 Å². The van der Waals surface area contributed by atoms with Crippen molar-refractivity contribution in [2.24, 2.45) is 5.73 Å². The summed E-state index contributed by atoms with van der Waals surface area (Å²) in [5.41, 5.74) is 11.8. The third-order valence-corrected chi connectivity index (χ3v) is 4.08. The Morgan fingerprint density at radius 1 is 1.29 bits per heavy atom. The Bertz CT molecular complexity index is 742. The molecule has 5 heteroatoms. The second kappa shape index (κ2) is 7.81. The van der Waals surface area contributed by atoms with E-state index in [1.54, 1.807) is 13.3 Å². The van der Waals surface area contributed by atoms with Crippen LogP contribution in [-0.2, 0) is 12.8 Å². The molecule has 3 rings (SSSR count). The predicted molar refractivity (Wildman–Crippen MR) is 97.5 cm³/mol. The van der Waals surface area contributed by atoms with Gasteiger partial charge in [0.15, 0.2) is 0 Å². The van der Waals surface area contributed by atoms with Crippen molar-refractivity contribution >= 4 is 11.7 Å². The Labute approximate surface area is 143 Å². The van der Waals surface area contributed by atoms with Crippen LogP contribution in [0.2, 0.25) is 0 Å². The molecule has 128 valence electrons. The molecule has 0 fully saturated rings. The molecule has 0 aliphatic heterocycles. The van der Waals surface area contributed by atoms with Crippen molar-refractivity contribution in [2.75, 3.05) is 12.4 Å². The Kier molecular flexibility index (Phi) is 5.79. The van der Waals surface area contributed by atoms with Gasteiger partial charge in [-0.15, -0.1) is 0 Å². The number of carbonyl (C=O) groups is 1. The van der Waals surface area contributed by atoms with Crippen LogP contribution in [0.15, 0.2) is 24.4 Å². The van der Waals surface area contributed by atoms with Crippen molar-refractivity contribution in [3.05, 3.63) is 41.1 Å². The molecule has 3 N–H and O–H groups in total. The number of methoxy groups -OCH3 is 1. The van der Waals surface area contributed by atoms with E-state index in [9.17, 15) is 4.79 Å². The first-order valence-corrected chi connectivity index (χ1v) is 8.32. The van der Waals surface area contributed by atoms with Gasteiger partial charge < -0.3 is 15.8 Å². The van der Waals surface area contributed by atoms with Crippen LogP contribution in [0.5, 0.6) is 5.88 Å². The highest BCUT2D eigenvalue weighted by Gasteiger charge is 2.22. The molecule has 1 aliphatic carbocycles. The Hall–Kier alpha value is -2.56. The number of nitrogens with one attached hydrogen (secondary N) is 1. The molecule has 5 nitrogen and oxygen atoms in total. The van der Waals surface area contributed by atoms with Gasteiger partial charge in [0.05, 0.1) is 12.8 Å². The number of primary amides is 1. The van der Waals surface area contributed by atoms with E-state index in [0.717, 1.165) is 41.6 Å². The Balaban J connectivity index is 0.00000100. The number of hydrogen-bond acceptors (Lipinski definition) is 3. The van der Waals surface area contributed by atoms with Crippen molar-refractivity contribution in [1.29, 1.82) is 0 Å². The van der Waals surface area contributed by atoms with Crippen LogP contribution in [0, 0.1) is 6.92 Å². The maximum absolute atomic E-state index is 11.5. The van der Waals surface area contributed by atoms with E-state index in [0.29, 0.717) is 5.88 Å². The van der Waals surface area contributed by atoms with Crippen LogP contribution in [0.3, 0.4) is 0 Å². The van der Waals surface area contributed by atoms with Crippen molar-refractivity contribution in [2.45, 2.75) is 40.0 Å². The molecule has 0 unspecified atom stereocenters. The summed E-state index contributed by atoms with van der Waals surface area (Å²) >= 11 is 0. The molecule has 1 heterocycles. The molecule has 2 amide bonds. The number of ether oxygens (including phenoxy) is 1. The van der Waals surface area contributed by atoms with Gasteiger partial charge in [-0.25, -0.2) is 9.78 Å². The van der Waals surface area contributed by atoms with E-state index in [-0.39, 0.29) is 0 Å². The molecule has 0 radical (unpaired) electrons. The molecule has 0 saturated heterocycles. The summed E-state index contributed by atoms with van der Waals surface area (Å²) < 4.78 is 5.21. The normalized spacial score (nSPS) is 12.0. The third kappa shape index (κ3) is 3.50. The number of amides is 2. The van der Waals surface area contributed by atoms with Crippen molar-refractivity contribution in [1.82, 2.24) is 4.98 Å². The van der Waals surface area contributed by atoms with Crippen LogP contribution in [0.25, 0.3) is 11.1 Å². The average molecular weight is 327 g/mol. The minimum absolute atomic E-state index is 0.540. The zero-order valence-corrected chi connectivity index (χ0v) is 14.8. The minimum atomic E-state index is -0.540. The number of anilines is 1. The lowest BCUT2D eigenvalue weighted by molar-refractivity contribution is 0.259. The highest BCUT2D eigenvalue weighted by molar-refractivity contribution is 5.96. The number of rotatable bonds is 3. The van der Waals surface area contributed by atoms with Gasteiger partial charge in [-0.1, -0.05) is 19.9 Å². The molecule has 1 aliphatic rings. The van der Waals surface area contributed by atoms with E-state index in [1.165, 1.54) is 11.1 Å². The van der Waals surface area contributed by atoms with Gasteiger partial charge in [0.2, 0.25) is 5.88 Å². The van der Waals surface area contributed by atoms with Gasteiger partial charge >= 0.3 is 6.03 Å². The van der Waals surface area contributed by atoms with Gasteiger partial charge in [0, 0.05) is 17.8 Å². The van der Waals surface area contributed by atoms with E-state index in [2.05, 4.69) is 16.4 Å². The Morgan fingerprint density at radius 3 is 2.71 bits per heavy atom. The fraction of sp³-hybridized carbons (Fsp3) is 0.368. The van der Waals surface area contributed by atoms with Crippen molar-refractivity contribution in [3.8, 4) is 17.0 Å². The smallest absolute Gasteiger partial charge is 0.316 e. The average Bonchev–Trinajstić information content (AvgIpc) is 3.04. The number of benzene rings is 1.